The first-order chi connectivity index (χ1) is 12.8. The quantitative estimate of drug-likeness (QED) is 0.646. The Labute approximate surface area is 157 Å². The van der Waals surface area contributed by atoms with Crippen LogP contribution in [0.25, 0.3) is 10.4 Å². The van der Waals surface area contributed by atoms with Crippen molar-refractivity contribution in [3.05, 3.63) is 59.2 Å². The van der Waals surface area contributed by atoms with Gasteiger partial charge in [-0.2, -0.15) is 0 Å². The van der Waals surface area contributed by atoms with Gasteiger partial charge in [-0.05, 0) is 18.2 Å². The summed E-state index contributed by atoms with van der Waals surface area (Å²) in [5.41, 5.74) is 2.11. The van der Waals surface area contributed by atoms with Crippen molar-refractivity contribution in [3.63, 3.8) is 0 Å². The fraction of sp³-hybridized carbons (Fsp3) is 0.250. The van der Waals surface area contributed by atoms with Crippen molar-refractivity contribution in [2.24, 2.45) is 0 Å². The van der Waals surface area contributed by atoms with Gasteiger partial charge < -0.3 is 19.5 Å². The molecule has 0 radical (unpaired) electrons. The number of benzene rings is 2. The molecule has 3 rings (SSSR count). The summed E-state index contributed by atoms with van der Waals surface area (Å²) in [5.74, 6) is 2.34. The number of ether oxygens (including phenoxy) is 3. The van der Waals surface area contributed by atoms with E-state index in [0.29, 0.717) is 12.3 Å². The molecule has 6 heteroatoms. The molecule has 0 unspecified atom stereocenters. The van der Waals surface area contributed by atoms with Gasteiger partial charge in [-0.3, -0.25) is 0 Å². The fourth-order valence-electron chi connectivity index (χ4n) is 2.75. The lowest BCUT2D eigenvalue weighted by molar-refractivity contribution is 0.356. The second-order valence-electron chi connectivity index (χ2n) is 5.57. The summed E-state index contributed by atoms with van der Waals surface area (Å²) in [6.07, 6.45) is 1.88. The minimum atomic E-state index is 0.689. The van der Waals surface area contributed by atoms with E-state index in [4.69, 9.17) is 14.2 Å². The largest absolute Gasteiger partial charge is 0.496 e. The van der Waals surface area contributed by atoms with Crippen molar-refractivity contribution in [2.45, 2.75) is 13.1 Å². The van der Waals surface area contributed by atoms with E-state index < -0.39 is 0 Å². The molecule has 0 saturated carbocycles. The Morgan fingerprint density at radius 3 is 2.42 bits per heavy atom. The summed E-state index contributed by atoms with van der Waals surface area (Å²) in [6, 6.07) is 13.9. The van der Waals surface area contributed by atoms with Gasteiger partial charge in [0.05, 0.1) is 26.2 Å². The van der Waals surface area contributed by atoms with Crippen LogP contribution in [0.3, 0.4) is 0 Å². The molecular formula is C20H22N2O3S. The maximum absolute atomic E-state index is 5.52. The summed E-state index contributed by atoms with van der Waals surface area (Å²) in [5, 5.41) is 4.43. The number of nitrogens with one attached hydrogen (secondary N) is 1. The van der Waals surface area contributed by atoms with Crippen LogP contribution in [0.2, 0.25) is 0 Å². The number of thiazole rings is 1. The van der Waals surface area contributed by atoms with Gasteiger partial charge in [-0.25, -0.2) is 4.98 Å². The summed E-state index contributed by atoms with van der Waals surface area (Å²) >= 11 is 1.64. The van der Waals surface area contributed by atoms with Gasteiger partial charge in [-0.1, -0.05) is 24.3 Å². The van der Waals surface area contributed by atoms with Gasteiger partial charge in [0.2, 0.25) is 0 Å². The molecule has 0 spiro atoms. The van der Waals surface area contributed by atoms with Gasteiger partial charge in [0.15, 0.2) is 11.5 Å². The van der Waals surface area contributed by atoms with E-state index in [-0.39, 0.29) is 0 Å². The Morgan fingerprint density at radius 2 is 1.65 bits per heavy atom. The van der Waals surface area contributed by atoms with E-state index in [9.17, 15) is 0 Å². The zero-order valence-corrected chi connectivity index (χ0v) is 15.9. The monoisotopic (exact) mass is 370 g/mol. The van der Waals surface area contributed by atoms with E-state index in [0.717, 1.165) is 39.1 Å². The molecule has 3 aromatic rings. The smallest absolute Gasteiger partial charge is 0.169 e. The van der Waals surface area contributed by atoms with Crippen LogP contribution >= 0.6 is 11.3 Å². The Kier molecular flexibility index (Phi) is 6.09. The molecule has 0 aliphatic heterocycles. The van der Waals surface area contributed by atoms with Crippen LogP contribution in [-0.4, -0.2) is 26.3 Å². The molecule has 5 nitrogen and oxygen atoms in total. The molecule has 1 aromatic heterocycles. The topological polar surface area (TPSA) is 52.6 Å². The zero-order valence-electron chi connectivity index (χ0n) is 15.1. The molecule has 0 aliphatic rings. The van der Waals surface area contributed by atoms with Gasteiger partial charge in [-0.15, -0.1) is 11.3 Å². The van der Waals surface area contributed by atoms with E-state index in [1.807, 2.05) is 42.6 Å². The first-order valence-corrected chi connectivity index (χ1v) is 9.07. The molecule has 0 bridgehead atoms. The van der Waals surface area contributed by atoms with E-state index in [2.05, 4.69) is 16.4 Å². The van der Waals surface area contributed by atoms with Crippen LogP contribution in [0.4, 0.5) is 0 Å². The maximum atomic E-state index is 5.52. The molecule has 0 atom stereocenters. The molecule has 1 heterocycles. The second kappa shape index (κ2) is 8.69. The van der Waals surface area contributed by atoms with Crippen LogP contribution in [-0.2, 0) is 13.1 Å². The molecule has 26 heavy (non-hydrogen) atoms. The van der Waals surface area contributed by atoms with Crippen molar-refractivity contribution in [1.82, 2.24) is 10.3 Å². The number of nitrogens with zero attached hydrogens (tertiary/aromatic N) is 1. The summed E-state index contributed by atoms with van der Waals surface area (Å²) in [6.45, 7) is 1.41. The number of aromatic nitrogens is 1. The predicted molar refractivity (Wildman–Crippen MR) is 104 cm³/mol. The van der Waals surface area contributed by atoms with Gasteiger partial charge >= 0.3 is 0 Å². The lowest BCUT2D eigenvalue weighted by Crippen LogP contribution is -2.13. The van der Waals surface area contributed by atoms with E-state index in [1.54, 1.807) is 32.7 Å². The third-order valence-electron chi connectivity index (χ3n) is 4.01. The van der Waals surface area contributed by atoms with Gasteiger partial charge in [0.1, 0.15) is 10.8 Å². The number of hydrogen-bond acceptors (Lipinski definition) is 6. The van der Waals surface area contributed by atoms with Gasteiger partial charge in [0, 0.05) is 30.4 Å². The van der Waals surface area contributed by atoms with Crippen LogP contribution < -0.4 is 19.5 Å². The molecule has 0 fully saturated rings. The average molecular weight is 370 g/mol. The SMILES string of the molecule is COc1ccccc1CNCc1ncc(-c2cccc(OC)c2OC)s1. The Hall–Kier alpha value is -2.57. The summed E-state index contributed by atoms with van der Waals surface area (Å²) in [4.78, 5) is 5.58. The predicted octanol–water partition coefficient (Wildman–Crippen LogP) is 4.13. The molecule has 0 aliphatic carbocycles. The highest BCUT2D eigenvalue weighted by Gasteiger charge is 2.14. The lowest BCUT2D eigenvalue weighted by atomic mass is 10.1. The minimum absolute atomic E-state index is 0.689. The first kappa shape index (κ1) is 18.2. The highest BCUT2D eigenvalue weighted by Crippen LogP contribution is 2.39. The Balaban J connectivity index is 1.69. The molecule has 136 valence electrons. The Morgan fingerprint density at radius 1 is 0.885 bits per heavy atom. The summed E-state index contributed by atoms with van der Waals surface area (Å²) < 4.78 is 16.3. The third-order valence-corrected chi connectivity index (χ3v) is 5.04. The molecule has 2 aromatic carbocycles. The van der Waals surface area contributed by atoms with Crippen molar-refractivity contribution >= 4 is 11.3 Å². The molecule has 1 N–H and O–H groups in total. The second-order valence-corrected chi connectivity index (χ2v) is 6.69. The normalized spacial score (nSPS) is 10.6. The van der Waals surface area contributed by atoms with E-state index in [1.165, 1.54) is 0 Å². The average Bonchev–Trinajstić information content (AvgIpc) is 3.16. The highest BCUT2D eigenvalue weighted by molar-refractivity contribution is 7.15. The van der Waals surface area contributed by atoms with Crippen LogP contribution in [0.15, 0.2) is 48.7 Å². The van der Waals surface area contributed by atoms with Crippen LogP contribution in [0.1, 0.15) is 10.6 Å². The number of hydrogen-bond donors (Lipinski definition) is 1. The fourth-order valence-corrected chi connectivity index (χ4v) is 3.66. The number of methoxy groups -OCH3 is 3. The van der Waals surface area contributed by atoms with Crippen LogP contribution in [0.5, 0.6) is 17.2 Å². The standard InChI is InChI=1S/C20H22N2O3S/c1-23-16-9-5-4-7-14(16)11-21-13-19-22-12-18(26-19)15-8-6-10-17(24-2)20(15)25-3/h4-10,12,21H,11,13H2,1-3H3. The summed E-state index contributed by atoms with van der Waals surface area (Å²) in [7, 11) is 4.98. The van der Waals surface area contributed by atoms with Crippen LogP contribution in [0, 0.1) is 0 Å². The van der Waals surface area contributed by atoms with Crippen molar-refractivity contribution in [2.75, 3.05) is 21.3 Å². The molecule has 0 saturated heterocycles. The minimum Gasteiger partial charge on any atom is -0.496 e. The van der Waals surface area contributed by atoms with E-state index >= 15 is 0 Å². The van der Waals surface area contributed by atoms with Crippen molar-refractivity contribution < 1.29 is 14.2 Å². The van der Waals surface area contributed by atoms with Crippen molar-refractivity contribution in [1.29, 1.82) is 0 Å². The van der Waals surface area contributed by atoms with Crippen molar-refractivity contribution in [3.8, 4) is 27.7 Å². The number of para-hydroxylation sites is 2. The zero-order chi connectivity index (χ0) is 18.4. The first-order valence-electron chi connectivity index (χ1n) is 8.25. The highest BCUT2D eigenvalue weighted by atomic mass is 32.1. The Bertz CT molecular complexity index is 864. The number of rotatable bonds is 8. The lowest BCUT2D eigenvalue weighted by Gasteiger charge is -2.10. The molecule has 0 amide bonds. The van der Waals surface area contributed by atoms with Gasteiger partial charge in [0.25, 0.3) is 0 Å². The molecular weight excluding hydrogens is 348 g/mol. The maximum Gasteiger partial charge on any atom is 0.169 e. The third kappa shape index (κ3) is 3.98.